The molecule has 3 rings (SSSR count). The molecule has 0 aliphatic heterocycles. The molecule has 1 aromatic carbocycles. The summed E-state index contributed by atoms with van der Waals surface area (Å²) in [6, 6.07) is 7.99. The zero-order valence-corrected chi connectivity index (χ0v) is 15.2. The summed E-state index contributed by atoms with van der Waals surface area (Å²) in [5.74, 6) is 1.05. The molecule has 0 saturated heterocycles. The van der Waals surface area contributed by atoms with Crippen LogP contribution < -0.4 is 10.1 Å². The monoisotopic (exact) mass is 361 g/mol. The fraction of sp³-hybridized carbons (Fsp3) is 0.500. The van der Waals surface area contributed by atoms with Crippen LogP contribution in [0.5, 0.6) is 5.75 Å². The van der Waals surface area contributed by atoms with E-state index in [0.717, 1.165) is 24.2 Å². The van der Waals surface area contributed by atoms with Crippen molar-refractivity contribution in [2.45, 2.75) is 58.2 Å². The molecule has 1 N–H and O–H groups in total. The maximum atomic E-state index is 12.2. The highest BCUT2D eigenvalue weighted by atomic mass is 32.1. The van der Waals surface area contributed by atoms with Crippen molar-refractivity contribution in [2.75, 3.05) is 0 Å². The highest BCUT2D eigenvalue weighted by Gasteiger charge is 2.17. The first-order chi connectivity index (χ1) is 12.1. The van der Waals surface area contributed by atoms with Gasteiger partial charge in [-0.15, -0.1) is 5.10 Å². The summed E-state index contributed by atoms with van der Waals surface area (Å²) in [5.41, 5.74) is 1.03. The van der Waals surface area contributed by atoms with E-state index >= 15 is 0 Å². The summed E-state index contributed by atoms with van der Waals surface area (Å²) >= 11 is 5.15. The number of carbonyl (C=O) groups excluding carboxylic acids is 1. The maximum Gasteiger partial charge on any atom is 0.287 e. The number of nitrogens with zero attached hydrogens (tertiary/aromatic N) is 2. The van der Waals surface area contributed by atoms with Crippen LogP contribution in [0, 0.1) is 11.8 Å². The minimum atomic E-state index is -0.0809. The van der Waals surface area contributed by atoms with Crippen molar-refractivity contribution in [3.63, 3.8) is 0 Å². The van der Waals surface area contributed by atoms with E-state index in [-0.39, 0.29) is 29.9 Å². The summed E-state index contributed by atoms with van der Waals surface area (Å²) in [6.07, 6.45) is 5.70. The number of ether oxygens (including phenoxy) is 1. The van der Waals surface area contributed by atoms with Gasteiger partial charge in [-0.1, -0.05) is 37.5 Å². The van der Waals surface area contributed by atoms with Crippen molar-refractivity contribution in [3.8, 4) is 5.75 Å². The summed E-state index contributed by atoms with van der Waals surface area (Å²) in [4.78, 5) is 12.4. The fourth-order valence-electron chi connectivity index (χ4n) is 3.02. The molecule has 1 aromatic heterocycles. The molecule has 25 heavy (non-hydrogen) atoms. The molecule has 6 nitrogen and oxygen atoms in total. The highest BCUT2D eigenvalue weighted by Crippen LogP contribution is 2.18. The number of benzene rings is 1. The molecule has 1 heterocycles. The van der Waals surface area contributed by atoms with Crippen LogP contribution in [-0.2, 0) is 17.9 Å². The molecule has 2 aromatic rings. The van der Waals surface area contributed by atoms with Crippen molar-refractivity contribution in [1.82, 2.24) is 15.1 Å². The first kappa shape index (κ1) is 17.7. The minimum Gasteiger partial charge on any atom is -0.484 e. The van der Waals surface area contributed by atoms with Gasteiger partial charge in [0.15, 0.2) is 6.61 Å². The Bertz CT molecular complexity index is 778. The Hall–Kier alpha value is -2.15. The molecule has 1 saturated carbocycles. The molecule has 0 unspecified atom stereocenters. The average molecular weight is 361 g/mol. The van der Waals surface area contributed by atoms with Crippen molar-refractivity contribution < 1.29 is 13.9 Å². The van der Waals surface area contributed by atoms with Crippen LogP contribution in [0.2, 0.25) is 0 Å². The van der Waals surface area contributed by atoms with E-state index < -0.39 is 0 Å². The predicted molar refractivity (Wildman–Crippen MR) is 95.9 cm³/mol. The van der Waals surface area contributed by atoms with Gasteiger partial charge >= 0.3 is 0 Å². The largest absolute Gasteiger partial charge is 0.484 e. The number of nitrogens with one attached hydrogen (secondary N) is 1. The number of hydrogen-bond donors (Lipinski definition) is 1. The molecule has 1 fully saturated rings. The molecule has 0 bridgehead atoms. The smallest absolute Gasteiger partial charge is 0.287 e. The Morgan fingerprint density at radius 2 is 2.12 bits per heavy atom. The number of hydrogen-bond acceptors (Lipinski definition) is 5. The third-order valence-corrected chi connectivity index (χ3v) is 4.65. The van der Waals surface area contributed by atoms with Gasteiger partial charge in [0.2, 0.25) is 5.91 Å². The lowest BCUT2D eigenvalue weighted by molar-refractivity contribution is -0.122. The van der Waals surface area contributed by atoms with E-state index in [2.05, 4.69) is 10.4 Å². The molecule has 134 valence electrons. The first-order valence-corrected chi connectivity index (χ1v) is 9.07. The van der Waals surface area contributed by atoms with Crippen molar-refractivity contribution >= 4 is 18.1 Å². The number of aryl methyl sites for hydroxylation is 1. The second-order valence-electron chi connectivity index (χ2n) is 6.38. The third-order valence-electron chi connectivity index (χ3n) is 4.36. The van der Waals surface area contributed by atoms with Crippen LogP contribution in [-0.4, -0.2) is 21.7 Å². The minimum absolute atomic E-state index is 0.0726. The van der Waals surface area contributed by atoms with E-state index in [1.54, 1.807) is 0 Å². The SMILES string of the molecule is Cc1ccccc1OCc1nn(CC(=O)NC2CCCCC2)c(=S)o1. The number of para-hydroxylation sites is 1. The lowest BCUT2D eigenvalue weighted by Crippen LogP contribution is -2.38. The summed E-state index contributed by atoms with van der Waals surface area (Å²) in [7, 11) is 0. The standard InChI is InChI=1S/C18H23N3O3S/c1-13-7-5-6-10-15(13)23-12-17-20-21(18(25)24-17)11-16(22)19-14-8-3-2-4-9-14/h5-7,10,14H,2-4,8-9,11-12H2,1H3,(H,19,22). The molecular weight excluding hydrogens is 338 g/mol. The van der Waals surface area contributed by atoms with Crippen LogP contribution in [0.4, 0.5) is 0 Å². The summed E-state index contributed by atoms with van der Waals surface area (Å²) < 4.78 is 12.5. The predicted octanol–water partition coefficient (Wildman–Crippen LogP) is 3.54. The van der Waals surface area contributed by atoms with Gasteiger partial charge in [-0.25, -0.2) is 4.68 Å². The van der Waals surface area contributed by atoms with E-state index in [9.17, 15) is 4.79 Å². The summed E-state index contributed by atoms with van der Waals surface area (Å²) in [6.45, 7) is 2.22. The molecule has 1 aliphatic rings. The van der Waals surface area contributed by atoms with Crippen LogP contribution >= 0.6 is 12.2 Å². The quantitative estimate of drug-likeness (QED) is 0.797. The van der Waals surface area contributed by atoms with Crippen molar-refractivity contribution in [2.24, 2.45) is 0 Å². The van der Waals surface area contributed by atoms with Gasteiger partial charge in [0.1, 0.15) is 12.3 Å². The Morgan fingerprint density at radius 1 is 1.36 bits per heavy atom. The number of carbonyl (C=O) groups is 1. The third kappa shape index (κ3) is 4.92. The topological polar surface area (TPSA) is 69.3 Å². The lowest BCUT2D eigenvalue weighted by atomic mass is 9.95. The van der Waals surface area contributed by atoms with Gasteiger partial charge in [0.05, 0.1) is 0 Å². The van der Waals surface area contributed by atoms with Crippen molar-refractivity contribution in [3.05, 3.63) is 40.6 Å². The van der Waals surface area contributed by atoms with Crippen molar-refractivity contribution in [1.29, 1.82) is 0 Å². The maximum absolute atomic E-state index is 12.2. The van der Waals surface area contributed by atoms with Gasteiger partial charge in [-0.3, -0.25) is 4.79 Å². The number of aromatic nitrogens is 2. The average Bonchev–Trinajstić information content (AvgIpc) is 2.94. The Kier molecular flexibility index (Phi) is 5.86. The molecular formula is C18H23N3O3S. The fourth-order valence-corrected chi connectivity index (χ4v) is 3.22. The number of rotatable bonds is 6. The molecule has 0 atom stereocenters. The highest BCUT2D eigenvalue weighted by molar-refractivity contribution is 7.71. The van der Waals surface area contributed by atoms with E-state index in [1.807, 2.05) is 31.2 Å². The molecule has 1 amide bonds. The van der Waals surface area contributed by atoms with Gasteiger partial charge in [-0.2, -0.15) is 0 Å². The van der Waals surface area contributed by atoms with Gasteiger partial charge in [0, 0.05) is 6.04 Å². The van der Waals surface area contributed by atoms with Gasteiger partial charge in [-0.05, 0) is 43.6 Å². The van der Waals surface area contributed by atoms with Crippen LogP contribution in [0.3, 0.4) is 0 Å². The molecule has 0 spiro atoms. The second kappa shape index (κ2) is 8.29. The normalized spacial score (nSPS) is 15.1. The first-order valence-electron chi connectivity index (χ1n) is 8.66. The molecule has 0 radical (unpaired) electrons. The van der Waals surface area contributed by atoms with Crippen LogP contribution in [0.25, 0.3) is 0 Å². The van der Waals surface area contributed by atoms with Crippen LogP contribution in [0.15, 0.2) is 28.7 Å². The second-order valence-corrected chi connectivity index (χ2v) is 6.73. The van der Waals surface area contributed by atoms with Gasteiger partial charge < -0.3 is 14.5 Å². The molecule has 7 heteroatoms. The van der Waals surface area contributed by atoms with Gasteiger partial charge in [0.25, 0.3) is 10.7 Å². The number of amides is 1. The molecule has 1 aliphatic carbocycles. The Labute approximate surface area is 152 Å². The Balaban J connectivity index is 1.55. The summed E-state index contributed by atoms with van der Waals surface area (Å²) in [5, 5.41) is 7.30. The van der Waals surface area contributed by atoms with Crippen LogP contribution in [0.1, 0.15) is 43.6 Å². The zero-order chi connectivity index (χ0) is 17.6. The van der Waals surface area contributed by atoms with E-state index in [1.165, 1.54) is 23.9 Å². The zero-order valence-electron chi connectivity index (χ0n) is 14.4. The Morgan fingerprint density at radius 3 is 2.88 bits per heavy atom. The van der Waals surface area contributed by atoms with E-state index in [4.69, 9.17) is 21.4 Å². The van der Waals surface area contributed by atoms with E-state index in [0.29, 0.717) is 5.89 Å². The lowest BCUT2D eigenvalue weighted by Gasteiger charge is -2.22.